The molecule has 0 radical (unpaired) electrons. The Morgan fingerprint density at radius 2 is 1.69 bits per heavy atom. The third-order valence-electron chi connectivity index (χ3n) is 4.49. The van der Waals surface area contributed by atoms with Crippen molar-refractivity contribution < 1.29 is 0 Å². The summed E-state index contributed by atoms with van der Waals surface area (Å²) in [5, 5.41) is 7.20. The molecule has 0 amide bonds. The van der Waals surface area contributed by atoms with Gasteiger partial charge in [0.05, 0.1) is 0 Å². The summed E-state index contributed by atoms with van der Waals surface area (Å²) in [5.74, 6) is 0.947. The maximum absolute atomic E-state index is 3.78. The molecular formula is C14H28N2. The standard InChI is InChI=1S/C14H28N2/c1-14(2)7-3-12(4-8-14)11-16-13-5-9-15-10-6-13/h12-13,15-16H,3-11H2,1-2H3. The molecule has 2 fully saturated rings. The Bertz CT molecular complexity index is 197. The number of piperidine rings is 1. The van der Waals surface area contributed by atoms with Gasteiger partial charge in [0.15, 0.2) is 0 Å². The monoisotopic (exact) mass is 224 g/mol. The van der Waals surface area contributed by atoms with Crippen molar-refractivity contribution in [1.82, 2.24) is 10.6 Å². The molecule has 0 aromatic rings. The van der Waals surface area contributed by atoms with Crippen LogP contribution in [-0.2, 0) is 0 Å². The fraction of sp³-hybridized carbons (Fsp3) is 1.00. The minimum atomic E-state index is 0.616. The summed E-state index contributed by atoms with van der Waals surface area (Å²) in [6.45, 7) is 8.51. The summed E-state index contributed by atoms with van der Waals surface area (Å²) in [7, 11) is 0. The van der Waals surface area contributed by atoms with Crippen molar-refractivity contribution >= 4 is 0 Å². The lowest BCUT2D eigenvalue weighted by Gasteiger charge is -2.35. The molecule has 0 aromatic carbocycles. The zero-order chi connectivity index (χ0) is 11.4. The van der Waals surface area contributed by atoms with E-state index >= 15 is 0 Å². The molecule has 0 unspecified atom stereocenters. The van der Waals surface area contributed by atoms with Crippen LogP contribution >= 0.6 is 0 Å². The molecule has 1 aliphatic heterocycles. The predicted molar refractivity (Wildman–Crippen MR) is 69.6 cm³/mol. The SMILES string of the molecule is CC1(C)CCC(CNC2CCNCC2)CC1. The van der Waals surface area contributed by atoms with Gasteiger partial charge in [0.25, 0.3) is 0 Å². The maximum Gasteiger partial charge on any atom is 0.00913 e. The third-order valence-corrected chi connectivity index (χ3v) is 4.49. The average Bonchev–Trinajstić information content (AvgIpc) is 2.29. The van der Waals surface area contributed by atoms with Crippen LogP contribution in [-0.4, -0.2) is 25.7 Å². The Morgan fingerprint density at radius 3 is 2.31 bits per heavy atom. The zero-order valence-electron chi connectivity index (χ0n) is 11.0. The fourth-order valence-electron chi connectivity index (χ4n) is 3.02. The van der Waals surface area contributed by atoms with Crippen molar-refractivity contribution in [2.45, 2.75) is 58.4 Å². The first-order valence-corrected chi connectivity index (χ1v) is 7.10. The summed E-state index contributed by atoms with van der Waals surface area (Å²) in [4.78, 5) is 0. The van der Waals surface area contributed by atoms with E-state index in [1.54, 1.807) is 0 Å². The van der Waals surface area contributed by atoms with E-state index in [4.69, 9.17) is 0 Å². The highest BCUT2D eigenvalue weighted by atomic mass is 15.0. The van der Waals surface area contributed by atoms with Gasteiger partial charge >= 0.3 is 0 Å². The van der Waals surface area contributed by atoms with Crippen molar-refractivity contribution in [2.75, 3.05) is 19.6 Å². The Kier molecular flexibility index (Phi) is 4.26. The van der Waals surface area contributed by atoms with Gasteiger partial charge in [-0.2, -0.15) is 0 Å². The lowest BCUT2D eigenvalue weighted by molar-refractivity contribution is 0.184. The second-order valence-corrected chi connectivity index (χ2v) is 6.54. The van der Waals surface area contributed by atoms with Crippen molar-refractivity contribution in [3.8, 4) is 0 Å². The molecule has 94 valence electrons. The number of hydrogen-bond donors (Lipinski definition) is 2. The normalized spacial score (nSPS) is 28.1. The van der Waals surface area contributed by atoms with Gasteiger partial charge in [-0.25, -0.2) is 0 Å². The smallest absolute Gasteiger partial charge is 0.00913 e. The molecule has 1 aliphatic carbocycles. The molecule has 0 atom stereocenters. The molecule has 1 saturated heterocycles. The van der Waals surface area contributed by atoms with Gasteiger partial charge in [-0.05, 0) is 69.5 Å². The molecule has 2 rings (SSSR count). The number of rotatable bonds is 3. The molecular weight excluding hydrogens is 196 g/mol. The van der Waals surface area contributed by atoms with E-state index in [0.717, 1.165) is 12.0 Å². The highest BCUT2D eigenvalue weighted by molar-refractivity contribution is 4.81. The van der Waals surface area contributed by atoms with Crippen LogP contribution in [0.25, 0.3) is 0 Å². The van der Waals surface area contributed by atoms with Crippen LogP contribution in [0.2, 0.25) is 0 Å². The van der Waals surface area contributed by atoms with Crippen LogP contribution in [0.4, 0.5) is 0 Å². The summed E-state index contributed by atoms with van der Waals surface area (Å²) >= 11 is 0. The van der Waals surface area contributed by atoms with E-state index in [9.17, 15) is 0 Å². The van der Waals surface area contributed by atoms with E-state index < -0.39 is 0 Å². The molecule has 2 nitrogen and oxygen atoms in total. The second-order valence-electron chi connectivity index (χ2n) is 6.54. The van der Waals surface area contributed by atoms with Crippen LogP contribution in [0.5, 0.6) is 0 Å². The molecule has 0 bridgehead atoms. The van der Waals surface area contributed by atoms with Crippen LogP contribution in [0, 0.1) is 11.3 Å². The van der Waals surface area contributed by atoms with Crippen LogP contribution < -0.4 is 10.6 Å². The summed E-state index contributed by atoms with van der Waals surface area (Å²) in [6, 6.07) is 0.788. The second kappa shape index (κ2) is 5.50. The number of nitrogens with one attached hydrogen (secondary N) is 2. The molecule has 2 heteroatoms. The third kappa shape index (κ3) is 3.74. The lowest BCUT2D eigenvalue weighted by Crippen LogP contribution is -2.42. The molecule has 16 heavy (non-hydrogen) atoms. The van der Waals surface area contributed by atoms with Gasteiger partial charge in [-0.3, -0.25) is 0 Å². The van der Waals surface area contributed by atoms with Crippen LogP contribution in [0.15, 0.2) is 0 Å². The topological polar surface area (TPSA) is 24.1 Å². The van der Waals surface area contributed by atoms with E-state index in [2.05, 4.69) is 24.5 Å². The van der Waals surface area contributed by atoms with Crippen molar-refractivity contribution in [1.29, 1.82) is 0 Å². The van der Waals surface area contributed by atoms with Gasteiger partial charge in [-0.1, -0.05) is 13.8 Å². The summed E-state index contributed by atoms with van der Waals surface area (Å²) in [6.07, 6.45) is 8.35. The van der Waals surface area contributed by atoms with E-state index in [-0.39, 0.29) is 0 Å². The minimum absolute atomic E-state index is 0.616. The van der Waals surface area contributed by atoms with Crippen molar-refractivity contribution in [3.05, 3.63) is 0 Å². The molecule has 2 N–H and O–H groups in total. The summed E-state index contributed by atoms with van der Waals surface area (Å²) in [5.41, 5.74) is 0.616. The lowest BCUT2D eigenvalue weighted by atomic mass is 9.73. The van der Waals surface area contributed by atoms with Gasteiger partial charge in [-0.15, -0.1) is 0 Å². The number of hydrogen-bond acceptors (Lipinski definition) is 2. The Labute approximate surface area is 101 Å². The maximum atomic E-state index is 3.78. The fourth-order valence-corrected chi connectivity index (χ4v) is 3.02. The predicted octanol–water partition coefficient (Wildman–Crippen LogP) is 2.54. The molecule has 1 heterocycles. The van der Waals surface area contributed by atoms with Gasteiger partial charge < -0.3 is 10.6 Å². The quantitative estimate of drug-likeness (QED) is 0.770. The molecule has 0 aromatic heterocycles. The minimum Gasteiger partial charge on any atom is -0.317 e. The van der Waals surface area contributed by atoms with E-state index in [1.165, 1.54) is 58.2 Å². The highest BCUT2D eigenvalue weighted by Gasteiger charge is 2.27. The van der Waals surface area contributed by atoms with E-state index in [1.807, 2.05) is 0 Å². The molecule has 1 saturated carbocycles. The van der Waals surface area contributed by atoms with Crippen molar-refractivity contribution in [3.63, 3.8) is 0 Å². The van der Waals surface area contributed by atoms with Crippen molar-refractivity contribution in [2.24, 2.45) is 11.3 Å². The Balaban J connectivity index is 1.63. The molecule has 2 aliphatic rings. The largest absolute Gasteiger partial charge is 0.317 e. The first-order valence-electron chi connectivity index (χ1n) is 7.10. The first-order chi connectivity index (χ1) is 7.66. The summed E-state index contributed by atoms with van der Waals surface area (Å²) < 4.78 is 0. The van der Waals surface area contributed by atoms with Gasteiger partial charge in [0.2, 0.25) is 0 Å². The highest BCUT2D eigenvalue weighted by Crippen LogP contribution is 2.37. The first kappa shape index (κ1) is 12.4. The zero-order valence-corrected chi connectivity index (χ0v) is 11.0. The Morgan fingerprint density at radius 1 is 1.06 bits per heavy atom. The van der Waals surface area contributed by atoms with Gasteiger partial charge in [0, 0.05) is 6.04 Å². The van der Waals surface area contributed by atoms with Crippen LogP contribution in [0.3, 0.4) is 0 Å². The van der Waals surface area contributed by atoms with Crippen LogP contribution in [0.1, 0.15) is 52.4 Å². The Hall–Kier alpha value is -0.0800. The van der Waals surface area contributed by atoms with E-state index in [0.29, 0.717) is 5.41 Å². The molecule has 0 spiro atoms. The van der Waals surface area contributed by atoms with Gasteiger partial charge in [0.1, 0.15) is 0 Å². The average molecular weight is 224 g/mol.